The lowest BCUT2D eigenvalue weighted by Crippen LogP contribution is -2.35. The molecule has 0 aromatic heterocycles. The number of rotatable bonds is 1. The van der Waals surface area contributed by atoms with E-state index in [9.17, 15) is 26.3 Å². The molecule has 0 bridgehead atoms. The molecule has 0 radical (unpaired) electrons. The first-order valence-electron chi connectivity index (χ1n) is 2.46. The average Bonchev–Trinajstić information content (AvgIpc) is 1.56. The summed E-state index contributed by atoms with van der Waals surface area (Å²) < 4.78 is 68.9. The first kappa shape index (κ1) is 10.3. The second kappa shape index (κ2) is 2.75. The van der Waals surface area contributed by atoms with Crippen LogP contribution in [0.1, 0.15) is 6.92 Å². The van der Waals surface area contributed by atoms with E-state index in [0.29, 0.717) is 0 Å². The highest BCUT2D eigenvalue weighted by molar-refractivity contribution is 5.03. The highest BCUT2D eigenvalue weighted by Crippen LogP contribution is 2.35. The third-order valence-corrected chi connectivity index (χ3v) is 0.934. The summed E-state index contributed by atoms with van der Waals surface area (Å²) in [6, 6.07) is 0. The quantitative estimate of drug-likeness (QED) is 0.541. The molecule has 0 rings (SSSR count). The van der Waals surface area contributed by atoms with E-state index in [1.807, 2.05) is 0 Å². The van der Waals surface area contributed by atoms with E-state index < -0.39 is 24.0 Å². The number of allylic oxidation sites excluding steroid dienone is 1. The van der Waals surface area contributed by atoms with Crippen molar-refractivity contribution in [3.8, 4) is 0 Å². The van der Waals surface area contributed by atoms with Gasteiger partial charge in [0.05, 0.1) is 0 Å². The number of halogens is 6. The van der Waals surface area contributed by atoms with Crippen LogP contribution in [0.25, 0.3) is 0 Å². The first-order valence-corrected chi connectivity index (χ1v) is 2.46. The molecular weight excluding hydrogens is 174 g/mol. The van der Waals surface area contributed by atoms with E-state index in [4.69, 9.17) is 0 Å². The Balaban J connectivity index is 4.61. The highest BCUT2D eigenvalue weighted by atomic mass is 19.4. The van der Waals surface area contributed by atoms with Crippen molar-refractivity contribution in [2.24, 2.45) is 0 Å². The first-order chi connectivity index (χ1) is 4.67. The van der Waals surface area contributed by atoms with Crippen molar-refractivity contribution < 1.29 is 26.3 Å². The molecule has 0 amide bonds. The molecule has 6 heteroatoms. The van der Waals surface area contributed by atoms with Crippen molar-refractivity contribution in [3.63, 3.8) is 0 Å². The lowest BCUT2D eigenvalue weighted by atomic mass is 10.1. The number of alkyl halides is 4. The third-order valence-electron chi connectivity index (χ3n) is 0.934. The molecule has 0 aliphatic heterocycles. The zero-order valence-corrected chi connectivity index (χ0v) is 5.35. The summed E-state index contributed by atoms with van der Waals surface area (Å²) >= 11 is 0. The van der Waals surface area contributed by atoms with Gasteiger partial charge in [0.15, 0.2) is 0 Å². The molecular formula is C5H4F6. The molecule has 0 saturated heterocycles. The van der Waals surface area contributed by atoms with Gasteiger partial charge in [0.1, 0.15) is 0 Å². The van der Waals surface area contributed by atoms with Gasteiger partial charge in [-0.2, -0.15) is 22.0 Å². The molecule has 0 fully saturated rings. The second-order valence-electron chi connectivity index (χ2n) is 2.01. The van der Waals surface area contributed by atoms with E-state index in [0.717, 1.165) is 0 Å². The molecule has 0 aliphatic carbocycles. The van der Waals surface area contributed by atoms with Gasteiger partial charge in [0.2, 0.25) is 5.67 Å². The molecule has 1 atom stereocenters. The average molecular weight is 178 g/mol. The fourth-order valence-electron chi connectivity index (χ4n) is 0.287. The fourth-order valence-corrected chi connectivity index (χ4v) is 0.287. The molecule has 0 aliphatic rings. The predicted molar refractivity (Wildman–Crippen MR) is 25.9 cm³/mol. The fraction of sp³-hybridized carbons (Fsp3) is 0.600. The second-order valence-corrected chi connectivity index (χ2v) is 2.01. The minimum Gasteiger partial charge on any atom is -0.229 e. The minimum absolute atomic E-state index is 0.0200. The SMILES string of the molecule is CC(F)(C=C(F)F)C(F)(F)F. The summed E-state index contributed by atoms with van der Waals surface area (Å²) in [5.41, 5.74) is -3.95. The molecule has 0 heterocycles. The van der Waals surface area contributed by atoms with Crippen LogP contribution in [0.3, 0.4) is 0 Å². The summed E-state index contributed by atoms with van der Waals surface area (Å²) in [5, 5.41) is 0. The minimum atomic E-state index is -5.30. The van der Waals surface area contributed by atoms with Gasteiger partial charge >= 0.3 is 6.18 Å². The van der Waals surface area contributed by atoms with Crippen LogP contribution in [0, 0.1) is 0 Å². The monoisotopic (exact) mass is 178 g/mol. The van der Waals surface area contributed by atoms with E-state index in [1.165, 1.54) is 0 Å². The molecule has 1 unspecified atom stereocenters. The standard InChI is InChI=1S/C5H4F6/c1-4(8,2-3(6)7)5(9,10)11/h2H,1H3. The van der Waals surface area contributed by atoms with E-state index in [2.05, 4.69) is 0 Å². The van der Waals surface area contributed by atoms with Crippen molar-refractivity contribution in [3.05, 3.63) is 12.2 Å². The Kier molecular flexibility index (Phi) is 2.58. The van der Waals surface area contributed by atoms with E-state index in [-0.39, 0.29) is 6.92 Å². The van der Waals surface area contributed by atoms with Gasteiger partial charge < -0.3 is 0 Å². The van der Waals surface area contributed by atoms with Gasteiger partial charge in [-0.1, -0.05) is 0 Å². The normalized spacial score (nSPS) is 17.4. The predicted octanol–water partition coefficient (Wildman–Crippen LogP) is 3.06. The smallest absolute Gasteiger partial charge is 0.229 e. The Morgan fingerprint density at radius 3 is 1.55 bits per heavy atom. The Morgan fingerprint density at radius 1 is 1.09 bits per heavy atom. The Hall–Kier alpha value is -0.680. The maximum absolute atomic E-state index is 12.2. The van der Waals surface area contributed by atoms with Crippen molar-refractivity contribution in [1.29, 1.82) is 0 Å². The zero-order valence-electron chi connectivity index (χ0n) is 5.35. The zero-order chi connectivity index (χ0) is 9.28. The largest absolute Gasteiger partial charge is 0.426 e. The van der Waals surface area contributed by atoms with E-state index >= 15 is 0 Å². The van der Waals surface area contributed by atoms with Gasteiger partial charge in [0.25, 0.3) is 6.08 Å². The van der Waals surface area contributed by atoms with Gasteiger partial charge in [-0.05, 0) is 6.92 Å². The summed E-state index contributed by atoms with van der Waals surface area (Å²) in [6.07, 6.45) is -8.75. The van der Waals surface area contributed by atoms with Crippen LogP contribution in [-0.2, 0) is 0 Å². The Morgan fingerprint density at radius 2 is 1.45 bits per heavy atom. The molecule has 0 spiro atoms. The lowest BCUT2D eigenvalue weighted by Gasteiger charge is -2.18. The van der Waals surface area contributed by atoms with Gasteiger partial charge in [-0.25, -0.2) is 4.39 Å². The molecule has 0 saturated carbocycles. The van der Waals surface area contributed by atoms with Crippen LogP contribution in [0.2, 0.25) is 0 Å². The Bertz CT molecular complexity index is 160. The Labute approximate surface area is 58.5 Å². The maximum atomic E-state index is 12.2. The van der Waals surface area contributed by atoms with Crippen LogP contribution in [0.15, 0.2) is 12.2 Å². The van der Waals surface area contributed by atoms with Gasteiger partial charge in [-0.3, -0.25) is 0 Å². The van der Waals surface area contributed by atoms with Gasteiger partial charge in [0, 0.05) is 6.08 Å². The molecule has 0 aromatic rings. The molecule has 0 nitrogen and oxygen atoms in total. The van der Waals surface area contributed by atoms with Gasteiger partial charge in [-0.15, -0.1) is 0 Å². The van der Waals surface area contributed by atoms with Crippen molar-refractivity contribution >= 4 is 0 Å². The number of hydrogen-bond acceptors (Lipinski definition) is 0. The summed E-state index contributed by atoms with van der Waals surface area (Å²) in [4.78, 5) is 0. The molecule has 11 heavy (non-hydrogen) atoms. The summed E-state index contributed by atoms with van der Waals surface area (Å²) in [6.45, 7) is 0.0200. The molecule has 0 N–H and O–H groups in total. The molecule has 66 valence electrons. The van der Waals surface area contributed by atoms with Crippen LogP contribution in [0.5, 0.6) is 0 Å². The highest BCUT2D eigenvalue weighted by Gasteiger charge is 2.51. The topological polar surface area (TPSA) is 0 Å². The van der Waals surface area contributed by atoms with Crippen LogP contribution < -0.4 is 0 Å². The van der Waals surface area contributed by atoms with Crippen molar-refractivity contribution in [2.75, 3.05) is 0 Å². The van der Waals surface area contributed by atoms with Crippen molar-refractivity contribution in [1.82, 2.24) is 0 Å². The van der Waals surface area contributed by atoms with Crippen molar-refractivity contribution in [2.45, 2.75) is 18.8 Å². The lowest BCUT2D eigenvalue weighted by molar-refractivity contribution is -0.206. The van der Waals surface area contributed by atoms with Crippen LogP contribution in [-0.4, -0.2) is 11.8 Å². The van der Waals surface area contributed by atoms with Crippen LogP contribution >= 0.6 is 0 Å². The van der Waals surface area contributed by atoms with E-state index in [1.54, 1.807) is 0 Å². The summed E-state index contributed by atoms with van der Waals surface area (Å²) in [7, 11) is 0. The molecule has 0 aromatic carbocycles. The summed E-state index contributed by atoms with van der Waals surface area (Å²) in [5.74, 6) is 0. The number of hydrogen-bond donors (Lipinski definition) is 0. The maximum Gasteiger partial charge on any atom is 0.426 e. The third kappa shape index (κ3) is 2.81. The van der Waals surface area contributed by atoms with Crippen LogP contribution in [0.4, 0.5) is 26.3 Å².